The lowest BCUT2D eigenvalue weighted by molar-refractivity contribution is 0.0936. The maximum absolute atomic E-state index is 12.2. The number of nitrogens with one attached hydrogen (secondary N) is 1. The lowest BCUT2D eigenvalue weighted by Gasteiger charge is -2.17. The molecule has 0 aliphatic heterocycles. The number of carbonyl (C=O) groups is 1. The van der Waals surface area contributed by atoms with E-state index in [1.165, 1.54) is 0 Å². The molecule has 0 spiro atoms. The van der Waals surface area contributed by atoms with Crippen LogP contribution >= 0.6 is 11.6 Å². The molecule has 5 heteroatoms. The van der Waals surface area contributed by atoms with Gasteiger partial charge >= 0.3 is 0 Å². The first-order valence-electron chi connectivity index (χ1n) is 6.92. The fourth-order valence-corrected chi connectivity index (χ4v) is 1.99. The second kappa shape index (κ2) is 7.60. The van der Waals surface area contributed by atoms with Crippen molar-refractivity contribution < 1.29 is 4.79 Å². The molecule has 4 nitrogen and oxygen atoms in total. The smallest absolute Gasteiger partial charge is 0.251 e. The monoisotopic (exact) mass is 297 g/mol. The van der Waals surface area contributed by atoms with E-state index in [1.807, 2.05) is 40.9 Å². The van der Waals surface area contributed by atoms with Gasteiger partial charge in [0.2, 0.25) is 0 Å². The van der Waals surface area contributed by atoms with E-state index in [0.717, 1.165) is 18.7 Å². The highest BCUT2D eigenvalue weighted by molar-refractivity contribution is 6.29. The number of rotatable bonds is 6. The topological polar surface area (TPSA) is 45.2 Å². The van der Waals surface area contributed by atoms with Crippen LogP contribution in [0.2, 0.25) is 5.15 Å². The summed E-state index contributed by atoms with van der Waals surface area (Å²) >= 11 is 5.98. The molecule has 0 saturated carbocycles. The minimum atomic E-state index is -0.0949. The van der Waals surface area contributed by atoms with Crippen molar-refractivity contribution in [3.05, 3.63) is 28.5 Å². The van der Waals surface area contributed by atoms with Gasteiger partial charge in [-0.25, -0.2) is 4.98 Å². The molecule has 0 aliphatic rings. The van der Waals surface area contributed by atoms with Gasteiger partial charge < -0.3 is 10.2 Å². The van der Waals surface area contributed by atoms with E-state index in [1.54, 1.807) is 6.07 Å². The molecule has 112 valence electrons. The fraction of sp³-hybridized carbons (Fsp3) is 0.600. The summed E-state index contributed by atoms with van der Waals surface area (Å²) in [5, 5.41) is 3.36. The van der Waals surface area contributed by atoms with Gasteiger partial charge in [0, 0.05) is 17.3 Å². The summed E-state index contributed by atoms with van der Waals surface area (Å²) in [7, 11) is 4.04. The molecular weight excluding hydrogens is 274 g/mol. The van der Waals surface area contributed by atoms with Gasteiger partial charge in [-0.2, -0.15) is 0 Å². The van der Waals surface area contributed by atoms with E-state index in [9.17, 15) is 4.79 Å². The van der Waals surface area contributed by atoms with E-state index < -0.39 is 0 Å². The van der Waals surface area contributed by atoms with Crippen molar-refractivity contribution in [1.82, 2.24) is 15.2 Å². The minimum Gasteiger partial charge on any atom is -0.350 e. The number of aromatic nitrogens is 1. The maximum Gasteiger partial charge on any atom is 0.251 e. The highest BCUT2D eigenvalue weighted by atomic mass is 35.5. The van der Waals surface area contributed by atoms with Crippen molar-refractivity contribution in [1.29, 1.82) is 0 Å². The highest BCUT2D eigenvalue weighted by Gasteiger charge is 2.13. The van der Waals surface area contributed by atoms with E-state index in [-0.39, 0.29) is 17.9 Å². The van der Waals surface area contributed by atoms with Crippen LogP contribution in [0.15, 0.2) is 12.1 Å². The van der Waals surface area contributed by atoms with Gasteiger partial charge in [-0.05, 0) is 52.0 Å². The average Bonchev–Trinajstić information content (AvgIpc) is 2.35. The number of hydrogen-bond donors (Lipinski definition) is 1. The van der Waals surface area contributed by atoms with Crippen molar-refractivity contribution in [2.75, 3.05) is 20.6 Å². The number of amides is 1. The summed E-state index contributed by atoms with van der Waals surface area (Å²) in [6.07, 6.45) is 0.911. The van der Waals surface area contributed by atoms with Gasteiger partial charge in [0.15, 0.2) is 0 Å². The third-order valence-corrected chi connectivity index (χ3v) is 3.25. The van der Waals surface area contributed by atoms with Crippen LogP contribution in [-0.2, 0) is 0 Å². The molecule has 1 aromatic rings. The quantitative estimate of drug-likeness (QED) is 0.821. The Bertz CT molecular complexity index is 460. The van der Waals surface area contributed by atoms with Crippen LogP contribution in [-0.4, -0.2) is 42.5 Å². The largest absolute Gasteiger partial charge is 0.350 e. The SMILES string of the molecule is CC(CCN(C)C)NC(=O)c1cc(Cl)nc(C(C)C)c1. The minimum absolute atomic E-state index is 0.0949. The molecule has 1 rings (SSSR count). The number of halogens is 1. The molecule has 1 unspecified atom stereocenters. The standard InChI is InChI=1S/C15H24ClN3O/c1-10(2)13-8-12(9-14(16)18-13)15(20)17-11(3)6-7-19(4)5/h8-11H,6-7H2,1-5H3,(H,17,20). The zero-order chi connectivity index (χ0) is 15.3. The van der Waals surface area contributed by atoms with E-state index in [2.05, 4.69) is 15.2 Å². The van der Waals surface area contributed by atoms with Gasteiger partial charge in [0.05, 0.1) is 0 Å². The maximum atomic E-state index is 12.2. The molecule has 20 heavy (non-hydrogen) atoms. The molecule has 1 atom stereocenters. The predicted octanol–water partition coefficient (Wildman–Crippen LogP) is 2.93. The van der Waals surface area contributed by atoms with Gasteiger partial charge in [-0.3, -0.25) is 4.79 Å². The average molecular weight is 298 g/mol. The predicted molar refractivity (Wildman–Crippen MR) is 83.4 cm³/mol. The Morgan fingerprint density at radius 2 is 2.00 bits per heavy atom. The Kier molecular flexibility index (Phi) is 6.43. The Hall–Kier alpha value is -1.13. The number of nitrogens with zero attached hydrogens (tertiary/aromatic N) is 2. The van der Waals surface area contributed by atoms with Crippen LogP contribution < -0.4 is 5.32 Å². The second-order valence-electron chi connectivity index (χ2n) is 5.72. The molecule has 0 aromatic carbocycles. The van der Waals surface area contributed by atoms with Gasteiger partial charge in [-0.15, -0.1) is 0 Å². The Labute approximate surface area is 126 Å². The molecule has 0 radical (unpaired) electrons. The first-order valence-corrected chi connectivity index (χ1v) is 7.30. The summed E-state index contributed by atoms with van der Waals surface area (Å²) in [6, 6.07) is 3.55. The van der Waals surface area contributed by atoms with Crippen LogP contribution in [0.5, 0.6) is 0 Å². The van der Waals surface area contributed by atoms with E-state index in [0.29, 0.717) is 10.7 Å². The zero-order valence-electron chi connectivity index (χ0n) is 12.9. The number of pyridine rings is 1. The first kappa shape index (κ1) is 16.9. The zero-order valence-corrected chi connectivity index (χ0v) is 13.7. The van der Waals surface area contributed by atoms with Crippen molar-refractivity contribution >= 4 is 17.5 Å². The summed E-state index contributed by atoms with van der Waals surface area (Å²) < 4.78 is 0. The van der Waals surface area contributed by atoms with Crippen LogP contribution in [0.1, 0.15) is 49.2 Å². The fourth-order valence-electron chi connectivity index (χ4n) is 1.78. The normalized spacial score (nSPS) is 12.8. The Morgan fingerprint density at radius 3 is 2.55 bits per heavy atom. The van der Waals surface area contributed by atoms with Gasteiger partial charge in [0.25, 0.3) is 5.91 Å². The van der Waals surface area contributed by atoms with Crippen LogP contribution in [0.4, 0.5) is 0 Å². The van der Waals surface area contributed by atoms with Crippen LogP contribution in [0.25, 0.3) is 0 Å². The van der Waals surface area contributed by atoms with Crippen LogP contribution in [0.3, 0.4) is 0 Å². The Morgan fingerprint density at radius 1 is 1.35 bits per heavy atom. The number of carbonyl (C=O) groups excluding carboxylic acids is 1. The molecule has 1 N–H and O–H groups in total. The molecule has 1 heterocycles. The molecular formula is C15H24ClN3O. The third-order valence-electron chi connectivity index (χ3n) is 3.05. The van der Waals surface area contributed by atoms with Gasteiger partial charge in [0.1, 0.15) is 5.15 Å². The third kappa shape index (κ3) is 5.47. The van der Waals surface area contributed by atoms with E-state index in [4.69, 9.17) is 11.6 Å². The molecule has 1 amide bonds. The lowest BCUT2D eigenvalue weighted by atomic mass is 10.1. The van der Waals surface area contributed by atoms with Crippen LogP contribution in [0, 0.1) is 0 Å². The molecule has 0 fully saturated rings. The second-order valence-corrected chi connectivity index (χ2v) is 6.11. The number of hydrogen-bond acceptors (Lipinski definition) is 3. The molecule has 0 saturated heterocycles. The highest BCUT2D eigenvalue weighted by Crippen LogP contribution is 2.17. The lowest BCUT2D eigenvalue weighted by Crippen LogP contribution is -2.34. The first-order chi connectivity index (χ1) is 9.29. The summed E-state index contributed by atoms with van der Waals surface area (Å²) in [6.45, 7) is 7.00. The molecule has 0 bridgehead atoms. The Balaban J connectivity index is 2.72. The molecule has 1 aromatic heterocycles. The van der Waals surface area contributed by atoms with Crippen molar-refractivity contribution in [2.24, 2.45) is 0 Å². The van der Waals surface area contributed by atoms with Crippen molar-refractivity contribution in [3.8, 4) is 0 Å². The molecule has 0 aliphatic carbocycles. The summed E-state index contributed by atoms with van der Waals surface area (Å²) in [5.41, 5.74) is 1.41. The summed E-state index contributed by atoms with van der Waals surface area (Å²) in [4.78, 5) is 18.5. The van der Waals surface area contributed by atoms with Crippen molar-refractivity contribution in [2.45, 2.75) is 39.2 Å². The summed E-state index contributed by atoms with van der Waals surface area (Å²) in [5.74, 6) is 0.147. The van der Waals surface area contributed by atoms with Crippen molar-refractivity contribution in [3.63, 3.8) is 0 Å². The van der Waals surface area contributed by atoms with Gasteiger partial charge in [-0.1, -0.05) is 25.4 Å². The van der Waals surface area contributed by atoms with E-state index >= 15 is 0 Å².